The molecule has 0 fully saturated rings. The molecule has 0 radical (unpaired) electrons. The van der Waals surface area contributed by atoms with Gasteiger partial charge in [-0.2, -0.15) is 0 Å². The van der Waals surface area contributed by atoms with Crippen molar-refractivity contribution in [2.75, 3.05) is 13.6 Å². The number of benzene rings is 1. The highest BCUT2D eigenvalue weighted by molar-refractivity contribution is 5.39. The first-order valence-electron chi connectivity index (χ1n) is 5.59. The third kappa shape index (κ3) is 4.50. The molecule has 1 aromatic carbocycles. The Bertz CT molecular complexity index is 380. The fourth-order valence-electron chi connectivity index (χ4n) is 1.60. The molecule has 0 bridgehead atoms. The van der Waals surface area contributed by atoms with Crippen LogP contribution in [0.3, 0.4) is 0 Å². The quantitative estimate of drug-likeness (QED) is 0.606. The van der Waals surface area contributed by atoms with Crippen LogP contribution in [0.2, 0.25) is 0 Å². The van der Waals surface area contributed by atoms with E-state index in [1.807, 2.05) is 11.9 Å². The van der Waals surface area contributed by atoms with Crippen molar-refractivity contribution >= 4 is 5.69 Å². The van der Waals surface area contributed by atoms with Crippen LogP contribution in [0.25, 0.3) is 0 Å². The molecule has 1 rings (SSSR count). The van der Waals surface area contributed by atoms with Crippen LogP contribution < -0.4 is 0 Å². The highest BCUT2D eigenvalue weighted by Crippen LogP contribution is 2.19. The summed E-state index contributed by atoms with van der Waals surface area (Å²) in [7, 11) is 1.89. The summed E-state index contributed by atoms with van der Waals surface area (Å²) in [5.41, 5.74) is 0.849. The van der Waals surface area contributed by atoms with Crippen LogP contribution in [0, 0.1) is 10.1 Å². The standard InChI is InChI=1S/C12H18N2O3/c1-10(15)7-8-13(2)9-11-5-3-4-6-12(11)14(16)17/h3-6,10,15H,7-9H2,1-2H3. The van der Waals surface area contributed by atoms with Gasteiger partial charge >= 0.3 is 0 Å². The van der Waals surface area contributed by atoms with Crippen LogP contribution in [0.4, 0.5) is 5.69 Å². The molecular weight excluding hydrogens is 220 g/mol. The summed E-state index contributed by atoms with van der Waals surface area (Å²) in [6.45, 7) is 2.96. The van der Waals surface area contributed by atoms with Crippen molar-refractivity contribution in [2.45, 2.75) is 26.0 Å². The van der Waals surface area contributed by atoms with E-state index in [2.05, 4.69) is 0 Å². The number of aliphatic hydroxyl groups is 1. The second kappa shape index (κ2) is 6.32. The minimum atomic E-state index is -0.363. The monoisotopic (exact) mass is 238 g/mol. The van der Waals surface area contributed by atoms with Crippen LogP contribution in [-0.2, 0) is 6.54 Å². The van der Waals surface area contributed by atoms with E-state index in [0.717, 1.165) is 0 Å². The second-order valence-electron chi connectivity index (χ2n) is 4.26. The lowest BCUT2D eigenvalue weighted by Crippen LogP contribution is -2.22. The van der Waals surface area contributed by atoms with Crippen molar-refractivity contribution in [3.8, 4) is 0 Å². The molecule has 0 aromatic heterocycles. The smallest absolute Gasteiger partial charge is 0.273 e. The molecule has 0 spiro atoms. The lowest BCUT2D eigenvalue weighted by molar-refractivity contribution is -0.385. The van der Waals surface area contributed by atoms with E-state index in [1.54, 1.807) is 25.1 Å². The maximum Gasteiger partial charge on any atom is 0.273 e. The molecule has 1 aromatic rings. The van der Waals surface area contributed by atoms with Gasteiger partial charge in [-0.05, 0) is 20.4 Å². The van der Waals surface area contributed by atoms with E-state index in [-0.39, 0.29) is 16.7 Å². The van der Waals surface area contributed by atoms with E-state index in [0.29, 0.717) is 25.1 Å². The zero-order chi connectivity index (χ0) is 12.8. The van der Waals surface area contributed by atoms with E-state index in [9.17, 15) is 15.2 Å². The predicted octanol–water partition coefficient (Wildman–Crippen LogP) is 1.80. The van der Waals surface area contributed by atoms with Crippen LogP contribution in [-0.4, -0.2) is 34.6 Å². The zero-order valence-corrected chi connectivity index (χ0v) is 10.2. The van der Waals surface area contributed by atoms with Gasteiger partial charge in [0, 0.05) is 24.7 Å². The largest absolute Gasteiger partial charge is 0.393 e. The van der Waals surface area contributed by atoms with E-state index < -0.39 is 0 Å². The molecule has 94 valence electrons. The summed E-state index contributed by atoms with van der Waals surface area (Å²) in [5, 5.41) is 20.0. The van der Waals surface area contributed by atoms with Crippen molar-refractivity contribution < 1.29 is 10.0 Å². The molecule has 0 saturated heterocycles. The van der Waals surface area contributed by atoms with Gasteiger partial charge in [0.1, 0.15) is 0 Å². The molecule has 0 aliphatic rings. The van der Waals surface area contributed by atoms with Gasteiger partial charge in [0.25, 0.3) is 5.69 Å². The molecule has 5 heteroatoms. The molecule has 0 saturated carbocycles. The number of nitro benzene ring substituents is 1. The summed E-state index contributed by atoms with van der Waals surface area (Å²) >= 11 is 0. The summed E-state index contributed by atoms with van der Waals surface area (Å²) < 4.78 is 0. The predicted molar refractivity (Wildman–Crippen MR) is 65.7 cm³/mol. The number of hydrogen-bond donors (Lipinski definition) is 1. The highest BCUT2D eigenvalue weighted by Gasteiger charge is 2.13. The van der Waals surface area contributed by atoms with Crippen LogP contribution >= 0.6 is 0 Å². The Hall–Kier alpha value is -1.46. The van der Waals surface area contributed by atoms with Crippen LogP contribution in [0.1, 0.15) is 18.9 Å². The summed E-state index contributed by atoms with van der Waals surface area (Å²) in [6, 6.07) is 6.73. The lowest BCUT2D eigenvalue weighted by Gasteiger charge is -2.17. The molecule has 1 atom stereocenters. The van der Waals surface area contributed by atoms with Gasteiger partial charge < -0.3 is 10.0 Å². The number of rotatable bonds is 6. The van der Waals surface area contributed by atoms with Gasteiger partial charge in [-0.25, -0.2) is 0 Å². The van der Waals surface area contributed by atoms with Crippen LogP contribution in [0.5, 0.6) is 0 Å². The van der Waals surface area contributed by atoms with Gasteiger partial charge in [-0.1, -0.05) is 18.2 Å². The fourth-order valence-corrected chi connectivity index (χ4v) is 1.60. The minimum Gasteiger partial charge on any atom is -0.393 e. The molecule has 1 N–H and O–H groups in total. The van der Waals surface area contributed by atoms with Crippen molar-refractivity contribution in [3.05, 3.63) is 39.9 Å². The number of nitro groups is 1. The molecule has 0 aliphatic carbocycles. The molecule has 1 unspecified atom stereocenters. The van der Waals surface area contributed by atoms with Gasteiger partial charge in [-0.3, -0.25) is 10.1 Å². The van der Waals surface area contributed by atoms with Crippen molar-refractivity contribution in [1.29, 1.82) is 0 Å². The SMILES string of the molecule is CC(O)CCN(C)Cc1ccccc1[N+](=O)[O-]. The second-order valence-corrected chi connectivity index (χ2v) is 4.26. The van der Waals surface area contributed by atoms with Gasteiger partial charge in [0.15, 0.2) is 0 Å². The lowest BCUT2D eigenvalue weighted by atomic mass is 10.1. The molecule has 17 heavy (non-hydrogen) atoms. The number of para-hydroxylation sites is 1. The molecule has 0 aliphatic heterocycles. The number of hydrogen-bond acceptors (Lipinski definition) is 4. The van der Waals surface area contributed by atoms with Gasteiger partial charge in [-0.15, -0.1) is 0 Å². The number of nitrogens with zero attached hydrogens (tertiary/aromatic N) is 2. The first-order chi connectivity index (χ1) is 8.00. The summed E-state index contributed by atoms with van der Waals surface area (Å²) in [6.07, 6.45) is 0.320. The Labute approximate surface area is 101 Å². The van der Waals surface area contributed by atoms with Gasteiger partial charge in [0.05, 0.1) is 11.0 Å². The summed E-state index contributed by atoms with van der Waals surface area (Å²) in [5.74, 6) is 0. The van der Waals surface area contributed by atoms with E-state index >= 15 is 0 Å². The van der Waals surface area contributed by atoms with Crippen LogP contribution in [0.15, 0.2) is 24.3 Å². The first kappa shape index (κ1) is 13.6. The Morgan fingerprint density at radius 1 is 1.47 bits per heavy atom. The van der Waals surface area contributed by atoms with Crippen molar-refractivity contribution in [2.24, 2.45) is 0 Å². The normalized spacial score (nSPS) is 12.7. The third-order valence-corrected chi connectivity index (χ3v) is 2.56. The maximum absolute atomic E-state index is 10.8. The average Bonchev–Trinajstić information content (AvgIpc) is 2.27. The Kier molecular flexibility index (Phi) is 5.06. The molecule has 0 heterocycles. The first-order valence-corrected chi connectivity index (χ1v) is 5.59. The van der Waals surface area contributed by atoms with Crippen molar-refractivity contribution in [3.63, 3.8) is 0 Å². The minimum absolute atomic E-state index is 0.149. The Balaban J connectivity index is 2.64. The molecular formula is C12H18N2O3. The number of aliphatic hydroxyl groups excluding tert-OH is 1. The summed E-state index contributed by atoms with van der Waals surface area (Å²) in [4.78, 5) is 12.4. The Morgan fingerprint density at radius 2 is 2.12 bits per heavy atom. The fraction of sp³-hybridized carbons (Fsp3) is 0.500. The highest BCUT2D eigenvalue weighted by atomic mass is 16.6. The van der Waals surface area contributed by atoms with E-state index in [4.69, 9.17) is 0 Å². The Morgan fingerprint density at radius 3 is 2.71 bits per heavy atom. The zero-order valence-electron chi connectivity index (χ0n) is 10.2. The molecule has 0 amide bonds. The van der Waals surface area contributed by atoms with Gasteiger partial charge in [0.2, 0.25) is 0 Å². The third-order valence-electron chi connectivity index (χ3n) is 2.56. The average molecular weight is 238 g/mol. The maximum atomic E-state index is 10.8. The van der Waals surface area contributed by atoms with E-state index in [1.165, 1.54) is 6.07 Å². The van der Waals surface area contributed by atoms with Crippen molar-refractivity contribution in [1.82, 2.24) is 4.90 Å². The topological polar surface area (TPSA) is 66.6 Å². The molecule has 5 nitrogen and oxygen atoms in total.